The Balaban J connectivity index is 1.07. The fourth-order valence-electron chi connectivity index (χ4n) is 4.78. The second-order valence-electron chi connectivity index (χ2n) is 9.55. The molecule has 1 fully saturated rings. The standard InChI is InChI=1S/C27H32N4O5/c32-24(12-30-27(33)23-8-20(10-28-11-23)7-19-4-6-34-16-19)15-31-5-3-21-9-25(2-1-22(21)14-31)35-17-26-13-29-18-36-26/h1-2,8-11,13,18-19,24,32H,3-7,12,14-17H2,(H,30,33)/t19?,24-/m0/s1. The maximum Gasteiger partial charge on any atom is 0.252 e. The first kappa shape index (κ1) is 24.4. The highest BCUT2D eigenvalue weighted by Crippen LogP contribution is 2.24. The largest absolute Gasteiger partial charge is 0.486 e. The second-order valence-corrected chi connectivity index (χ2v) is 9.55. The molecule has 2 aliphatic heterocycles. The molecule has 36 heavy (non-hydrogen) atoms. The number of β-amino-alcohol motifs (C(OH)–C–C–N with tert-alkyl or cyclic N) is 1. The monoisotopic (exact) mass is 492 g/mol. The van der Waals surface area contributed by atoms with Crippen LogP contribution in [0, 0.1) is 5.92 Å². The maximum absolute atomic E-state index is 12.6. The number of aliphatic hydroxyl groups excluding tert-OH is 1. The van der Waals surface area contributed by atoms with Crippen molar-refractivity contribution in [3.8, 4) is 5.75 Å². The summed E-state index contributed by atoms with van der Waals surface area (Å²) in [5, 5.41) is 13.4. The molecule has 2 aliphatic rings. The third-order valence-corrected chi connectivity index (χ3v) is 6.71. The lowest BCUT2D eigenvalue weighted by Gasteiger charge is -2.30. The molecule has 9 nitrogen and oxygen atoms in total. The molecule has 1 aromatic carbocycles. The summed E-state index contributed by atoms with van der Waals surface area (Å²) < 4.78 is 16.4. The molecule has 1 amide bonds. The zero-order valence-electron chi connectivity index (χ0n) is 20.3. The van der Waals surface area contributed by atoms with Crippen LogP contribution in [-0.4, -0.2) is 64.8 Å². The van der Waals surface area contributed by atoms with E-state index in [9.17, 15) is 9.90 Å². The quantitative estimate of drug-likeness (QED) is 0.444. The highest BCUT2D eigenvalue weighted by Gasteiger charge is 2.21. The number of aliphatic hydroxyl groups is 1. The number of amides is 1. The summed E-state index contributed by atoms with van der Waals surface area (Å²) in [6.45, 7) is 4.18. The second kappa shape index (κ2) is 11.6. The molecule has 0 radical (unpaired) electrons. The zero-order chi connectivity index (χ0) is 24.7. The summed E-state index contributed by atoms with van der Waals surface area (Å²) in [4.78, 5) is 23.0. The zero-order valence-corrected chi connectivity index (χ0v) is 20.3. The predicted molar refractivity (Wildman–Crippen MR) is 131 cm³/mol. The highest BCUT2D eigenvalue weighted by molar-refractivity contribution is 5.94. The normalized spacial score (nSPS) is 18.5. The Kier molecular flexibility index (Phi) is 7.90. The van der Waals surface area contributed by atoms with E-state index in [2.05, 4.69) is 32.3 Å². The van der Waals surface area contributed by atoms with Crippen molar-refractivity contribution in [3.05, 3.63) is 77.3 Å². The minimum Gasteiger partial charge on any atom is -0.486 e. The van der Waals surface area contributed by atoms with Gasteiger partial charge >= 0.3 is 0 Å². The lowest BCUT2D eigenvalue weighted by molar-refractivity contribution is 0.0841. The molecule has 1 saturated heterocycles. The van der Waals surface area contributed by atoms with Gasteiger partial charge in [-0.25, -0.2) is 4.98 Å². The molecule has 0 spiro atoms. The van der Waals surface area contributed by atoms with Crippen LogP contribution in [-0.2, 0) is 30.7 Å². The number of oxazole rings is 1. The lowest BCUT2D eigenvalue weighted by atomic mass is 9.99. The third kappa shape index (κ3) is 6.48. The van der Waals surface area contributed by atoms with E-state index in [0.29, 0.717) is 30.4 Å². The van der Waals surface area contributed by atoms with E-state index in [-0.39, 0.29) is 12.5 Å². The van der Waals surface area contributed by atoms with Gasteiger partial charge in [-0.2, -0.15) is 0 Å². The summed E-state index contributed by atoms with van der Waals surface area (Å²) in [7, 11) is 0. The Labute approximate surface area is 210 Å². The van der Waals surface area contributed by atoms with Crippen molar-refractivity contribution in [2.45, 2.75) is 38.5 Å². The number of pyridine rings is 1. The smallest absolute Gasteiger partial charge is 0.252 e. The van der Waals surface area contributed by atoms with Crippen molar-refractivity contribution in [2.24, 2.45) is 5.92 Å². The van der Waals surface area contributed by atoms with Gasteiger partial charge in [-0.05, 0) is 60.1 Å². The maximum atomic E-state index is 12.6. The number of carbonyl (C=O) groups is 1. The van der Waals surface area contributed by atoms with Crippen LogP contribution in [0.4, 0.5) is 0 Å². The summed E-state index contributed by atoms with van der Waals surface area (Å²) in [6.07, 6.45) is 8.54. The van der Waals surface area contributed by atoms with Crippen molar-refractivity contribution in [3.63, 3.8) is 0 Å². The number of hydrogen-bond acceptors (Lipinski definition) is 8. The Bertz CT molecular complexity index is 1150. The molecule has 0 aliphatic carbocycles. The van der Waals surface area contributed by atoms with Gasteiger partial charge in [0.1, 0.15) is 12.4 Å². The van der Waals surface area contributed by atoms with Crippen molar-refractivity contribution in [1.82, 2.24) is 20.2 Å². The number of nitrogens with zero attached hydrogens (tertiary/aromatic N) is 3. The number of nitrogens with one attached hydrogen (secondary N) is 1. The van der Waals surface area contributed by atoms with Crippen LogP contribution in [0.3, 0.4) is 0 Å². The molecular weight excluding hydrogens is 460 g/mol. The van der Waals surface area contributed by atoms with Crippen molar-refractivity contribution in [1.29, 1.82) is 0 Å². The van der Waals surface area contributed by atoms with Crippen molar-refractivity contribution < 1.29 is 23.8 Å². The molecule has 9 heteroatoms. The van der Waals surface area contributed by atoms with E-state index in [1.54, 1.807) is 12.4 Å². The predicted octanol–water partition coefficient (Wildman–Crippen LogP) is 2.38. The number of carbonyl (C=O) groups excluding carboxylic acids is 1. The number of benzene rings is 1. The van der Waals surface area contributed by atoms with Crippen LogP contribution < -0.4 is 10.1 Å². The first-order valence-electron chi connectivity index (χ1n) is 12.4. The Morgan fingerprint density at radius 1 is 1.22 bits per heavy atom. The number of rotatable bonds is 10. The third-order valence-electron chi connectivity index (χ3n) is 6.71. The molecule has 2 N–H and O–H groups in total. The van der Waals surface area contributed by atoms with Gasteiger partial charge in [-0.1, -0.05) is 6.07 Å². The molecule has 190 valence electrons. The van der Waals surface area contributed by atoms with Gasteiger partial charge in [0.25, 0.3) is 5.91 Å². The van der Waals surface area contributed by atoms with Gasteiger partial charge in [-0.3, -0.25) is 14.7 Å². The van der Waals surface area contributed by atoms with Crippen molar-refractivity contribution >= 4 is 5.91 Å². The first-order valence-corrected chi connectivity index (χ1v) is 12.4. The van der Waals surface area contributed by atoms with E-state index in [0.717, 1.165) is 56.9 Å². The SMILES string of the molecule is O=C(NC[C@H](O)CN1CCc2cc(OCc3cnco3)ccc2C1)c1cncc(CC2CCOC2)c1. The summed E-state index contributed by atoms with van der Waals surface area (Å²) >= 11 is 0. The van der Waals surface area contributed by atoms with Gasteiger partial charge in [-0.15, -0.1) is 0 Å². The van der Waals surface area contributed by atoms with Gasteiger partial charge in [0.05, 0.1) is 17.9 Å². The molecule has 4 heterocycles. The van der Waals surface area contributed by atoms with E-state index < -0.39 is 6.10 Å². The Morgan fingerprint density at radius 3 is 3.00 bits per heavy atom. The van der Waals surface area contributed by atoms with E-state index in [1.165, 1.54) is 17.5 Å². The number of fused-ring (bicyclic) bond motifs is 1. The Morgan fingerprint density at radius 2 is 2.17 bits per heavy atom. The van der Waals surface area contributed by atoms with E-state index in [1.807, 2.05) is 18.3 Å². The summed E-state index contributed by atoms with van der Waals surface area (Å²) in [5.74, 6) is 1.76. The molecule has 0 saturated carbocycles. The first-order chi connectivity index (χ1) is 17.6. The molecule has 2 aromatic heterocycles. The highest BCUT2D eigenvalue weighted by atomic mass is 16.5. The Hall–Kier alpha value is -3.27. The molecular formula is C27H32N4O5. The van der Waals surface area contributed by atoms with Crippen LogP contribution in [0.5, 0.6) is 5.75 Å². The number of ether oxygens (including phenoxy) is 2. The van der Waals surface area contributed by atoms with E-state index >= 15 is 0 Å². The van der Waals surface area contributed by atoms with Crippen LogP contribution >= 0.6 is 0 Å². The van der Waals surface area contributed by atoms with Gasteiger partial charge in [0.15, 0.2) is 12.2 Å². The fourth-order valence-corrected chi connectivity index (χ4v) is 4.78. The van der Waals surface area contributed by atoms with Crippen LogP contribution in [0.25, 0.3) is 0 Å². The minimum atomic E-state index is -0.660. The summed E-state index contributed by atoms with van der Waals surface area (Å²) in [6, 6.07) is 7.99. The molecule has 5 rings (SSSR count). The molecule has 3 aromatic rings. The summed E-state index contributed by atoms with van der Waals surface area (Å²) in [5.41, 5.74) is 4.03. The average Bonchev–Trinajstić information content (AvgIpc) is 3.61. The minimum absolute atomic E-state index is 0.192. The van der Waals surface area contributed by atoms with Gasteiger partial charge in [0.2, 0.25) is 0 Å². The number of aromatic nitrogens is 2. The van der Waals surface area contributed by atoms with Crippen molar-refractivity contribution in [2.75, 3.05) is 32.8 Å². The topological polar surface area (TPSA) is 110 Å². The van der Waals surface area contributed by atoms with E-state index in [4.69, 9.17) is 13.9 Å². The van der Waals surface area contributed by atoms with Gasteiger partial charge < -0.3 is 24.3 Å². The molecule has 2 atom stereocenters. The molecule has 0 bridgehead atoms. The van der Waals surface area contributed by atoms with Crippen LogP contribution in [0.1, 0.15) is 39.2 Å². The molecule has 1 unspecified atom stereocenters. The lowest BCUT2D eigenvalue weighted by Crippen LogP contribution is -2.42. The fraction of sp³-hybridized carbons (Fsp3) is 0.444. The van der Waals surface area contributed by atoms with Crippen LogP contribution in [0.15, 0.2) is 53.7 Å². The average molecular weight is 493 g/mol. The van der Waals surface area contributed by atoms with Gasteiger partial charge in [0, 0.05) is 51.8 Å². The number of hydrogen-bond donors (Lipinski definition) is 2. The van der Waals surface area contributed by atoms with Crippen LogP contribution in [0.2, 0.25) is 0 Å².